The quantitative estimate of drug-likeness (QED) is 0.503. The van der Waals surface area contributed by atoms with Crippen molar-refractivity contribution in [2.45, 2.75) is 26.4 Å². The molecule has 2 aromatic heterocycles. The van der Waals surface area contributed by atoms with Crippen LogP contribution >= 0.6 is 0 Å². The van der Waals surface area contributed by atoms with E-state index in [-0.39, 0.29) is 18.5 Å². The summed E-state index contributed by atoms with van der Waals surface area (Å²) in [7, 11) is 0. The summed E-state index contributed by atoms with van der Waals surface area (Å²) in [5.41, 5.74) is 4.31. The first-order chi connectivity index (χ1) is 14.6. The van der Waals surface area contributed by atoms with Crippen LogP contribution in [0.3, 0.4) is 0 Å². The fraction of sp³-hybridized carbons (Fsp3) is 0.227. The number of carbonyl (C=O) groups excluding carboxylic acids is 1. The molecule has 1 atom stereocenters. The Morgan fingerprint density at radius 1 is 1.33 bits per heavy atom. The second-order valence-electron chi connectivity index (χ2n) is 7.17. The van der Waals surface area contributed by atoms with Crippen LogP contribution in [-0.2, 0) is 11.3 Å². The number of anilines is 1. The van der Waals surface area contributed by atoms with E-state index in [1.165, 1.54) is 12.1 Å². The summed E-state index contributed by atoms with van der Waals surface area (Å²) in [4.78, 5) is 12.9. The van der Waals surface area contributed by atoms with Gasteiger partial charge in [0.2, 0.25) is 0 Å². The molecule has 1 aliphatic rings. The van der Waals surface area contributed by atoms with E-state index in [0.29, 0.717) is 34.4 Å². The highest BCUT2D eigenvalue weighted by molar-refractivity contribution is 6.09. The summed E-state index contributed by atoms with van der Waals surface area (Å²) in [5, 5.41) is 12.2. The Labute approximate surface area is 171 Å². The Balaban J connectivity index is 1.74. The monoisotopic (exact) mass is 406 g/mol. The van der Waals surface area contributed by atoms with Crippen molar-refractivity contribution in [3.8, 4) is 11.3 Å². The molecule has 0 fully saturated rings. The lowest BCUT2D eigenvalue weighted by molar-refractivity contribution is 0.0528. The molecule has 0 saturated carbocycles. The largest absolute Gasteiger partial charge is 0.462 e. The van der Waals surface area contributed by atoms with Crippen LogP contribution in [0.25, 0.3) is 22.3 Å². The van der Waals surface area contributed by atoms with E-state index < -0.39 is 5.97 Å². The number of aromatic nitrogens is 3. The van der Waals surface area contributed by atoms with Gasteiger partial charge in [0, 0.05) is 28.3 Å². The third kappa shape index (κ3) is 2.83. The zero-order valence-corrected chi connectivity index (χ0v) is 16.5. The number of hydrogen-bond donors (Lipinski definition) is 1. The molecule has 0 amide bonds. The Morgan fingerprint density at radius 2 is 2.13 bits per heavy atom. The van der Waals surface area contributed by atoms with Gasteiger partial charge < -0.3 is 14.5 Å². The van der Waals surface area contributed by atoms with Gasteiger partial charge in [-0.15, -0.1) is 5.10 Å². The van der Waals surface area contributed by atoms with Crippen LogP contribution in [0, 0.1) is 5.82 Å². The third-order valence-electron chi connectivity index (χ3n) is 5.37. The van der Waals surface area contributed by atoms with Crippen molar-refractivity contribution in [1.29, 1.82) is 0 Å². The Kier molecular flexibility index (Phi) is 4.27. The fourth-order valence-electron chi connectivity index (χ4n) is 3.90. The minimum Gasteiger partial charge on any atom is -0.462 e. The van der Waals surface area contributed by atoms with Crippen molar-refractivity contribution in [3.63, 3.8) is 0 Å². The molecule has 152 valence electrons. The van der Waals surface area contributed by atoms with Crippen LogP contribution in [0.2, 0.25) is 0 Å². The molecule has 0 bridgehead atoms. The van der Waals surface area contributed by atoms with E-state index in [1.54, 1.807) is 25.3 Å². The number of hydrogen-bond acceptors (Lipinski definition) is 6. The lowest BCUT2D eigenvalue weighted by atomic mass is 10.00. The predicted molar refractivity (Wildman–Crippen MR) is 109 cm³/mol. The lowest BCUT2D eigenvalue weighted by Gasteiger charge is -2.14. The normalized spacial score (nSPS) is 15.2. The number of esters is 1. The summed E-state index contributed by atoms with van der Waals surface area (Å²) in [5.74, 6) is -0.482. The molecule has 4 aromatic rings. The molecule has 1 N–H and O–H groups in total. The number of furan rings is 1. The van der Waals surface area contributed by atoms with Gasteiger partial charge in [0.05, 0.1) is 31.1 Å². The minimum atomic E-state index is -0.480. The van der Waals surface area contributed by atoms with E-state index in [9.17, 15) is 9.18 Å². The number of fused-ring (bicyclic) bond motifs is 3. The highest BCUT2D eigenvalue weighted by atomic mass is 19.1. The molecule has 5 rings (SSSR count). The van der Waals surface area contributed by atoms with Crippen LogP contribution in [0.1, 0.15) is 41.5 Å². The number of carbonyl (C=O) groups is 1. The number of nitrogens with zero attached hydrogens (tertiary/aromatic N) is 3. The van der Waals surface area contributed by atoms with Crippen LogP contribution in [-0.4, -0.2) is 27.6 Å². The zero-order chi connectivity index (χ0) is 20.8. The molecule has 7 nitrogen and oxygen atoms in total. The van der Waals surface area contributed by atoms with Crippen molar-refractivity contribution >= 4 is 22.6 Å². The molecule has 0 spiro atoms. The van der Waals surface area contributed by atoms with Crippen LogP contribution in [0.5, 0.6) is 0 Å². The van der Waals surface area contributed by atoms with Crippen LogP contribution in [0.4, 0.5) is 10.1 Å². The average Bonchev–Trinajstić information content (AvgIpc) is 3.33. The summed E-state index contributed by atoms with van der Waals surface area (Å²) in [6, 6.07) is 9.58. The highest BCUT2D eigenvalue weighted by Gasteiger charge is 2.27. The first-order valence-electron chi connectivity index (χ1n) is 9.73. The summed E-state index contributed by atoms with van der Waals surface area (Å²) < 4.78 is 26.7. The van der Waals surface area contributed by atoms with E-state index in [4.69, 9.17) is 9.15 Å². The molecule has 2 aromatic carbocycles. The van der Waals surface area contributed by atoms with Crippen molar-refractivity contribution in [1.82, 2.24) is 15.0 Å². The van der Waals surface area contributed by atoms with Gasteiger partial charge in [0.1, 0.15) is 22.7 Å². The first kappa shape index (κ1) is 18.4. The molecule has 0 aliphatic carbocycles. The summed E-state index contributed by atoms with van der Waals surface area (Å²) in [6.07, 6.45) is 1.73. The smallest absolute Gasteiger partial charge is 0.342 e. The molecule has 30 heavy (non-hydrogen) atoms. The minimum absolute atomic E-state index is 0.0869. The Bertz CT molecular complexity index is 1260. The van der Waals surface area contributed by atoms with Gasteiger partial charge in [0.15, 0.2) is 0 Å². The maximum atomic E-state index is 13.4. The molecule has 1 unspecified atom stereocenters. The average molecular weight is 406 g/mol. The fourth-order valence-corrected chi connectivity index (χ4v) is 3.90. The van der Waals surface area contributed by atoms with Gasteiger partial charge in [-0.2, -0.15) is 0 Å². The zero-order valence-electron chi connectivity index (χ0n) is 16.5. The molecule has 0 radical (unpaired) electrons. The van der Waals surface area contributed by atoms with E-state index in [0.717, 1.165) is 16.9 Å². The van der Waals surface area contributed by atoms with Crippen molar-refractivity contribution in [2.75, 3.05) is 11.9 Å². The summed E-state index contributed by atoms with van der Waals surface area (Å²) in [6.45, 7) is 4.59. The van der Waals surface area contributed by atoms with E-state index >= 15 is 0 Å². The lowest BCUT2D eigenvalue weighted by Crippen LogP contribution is -2.10. The molecule has 8 heteroatoms. The predicted octanol–water partition coefficient (Wildman–Crippen LogP) is 4.54. The maximum Gasteiger partial charge on any atom is 0.342 e. The van der Waals surface area contributed by atoms with Gasteiger partial charge in [-0.1, -0.05) is 5.21 Å². The van der Waals surface area contributed by atoms with Gasteiger partial charge >= 0.3 is 5.97 Å². The maximum absolute atomic E-state index is 13.4. The van der Waals surface area contributed by atoms with Crippen molar-refractivity contribution in [2.24, 2.45) is 0 Å². The third-order valence-corrected chi connectivity index (χ3v) is 5.37. The highest BCUT2D eigenvalue weighted by Crippen LogP contribution is 2.40. The standard InChI is InChI=1S/C22H19FN4O3/c1-3-29-22(28)20-17-8-16-12(2)27-15(11-25-26-27)10-24-18(16)9-19(17)30-21(20)13-4-6-14(23)7-5-13/h4-9,11-12,24H,3,10H2,1-2H3. The number of rotatable bonds is 3. The molecule has 0 saturated heterocycles. The molecular formula is C22H19FN4O3. The second kappa shape index (κ2) is 6.98. The number of ether oxygens (including phenoxy) is 1. The van der Waals surface area contributed by atoms with E-state index in [2.05, 4.69) is 15.6 Å². The molecule has 1 aliphatic heterocycles. The Hall–Kier alpha value is -3.68. The topological polar surface area (TPSA) is 82.2 Å². The van der Waals surface area contributed by atoms with Gasteiger partial charge in [-0.05, 0) is 44.2 Å². The second-order valence-corrected chi connectivity index (χ2v) is 7.17. The molecule has 3 heterocycles. The van der Waals surface area contributed by atoms with Crippen molar-refractivity contribution < 1.29 is 18.3 Å². The number of halogens is 1. The first-order valence-corrected chi connectivity index (χ1v) is 9.73. The summed E-state index contributed by atoms with van der Waals surface area (Å²) >= 11 is 0. The van der Waals surface area contributed by atoms with Crippen LogP contribution in [0.15, 0.2) is 47.0 Å². The number of nitrogens with one attached hydrogen (secondary N) is 1. The van der Waals surface area contributed by atoms with Gasteiger partial charge in [-0.25, -0.2) is 13.9 Å². The van der Waals surface area contributed by atoms with Gasteiger partial charge in [0.25, 0.3) is 0 Å². The Morgan fingerprint density at radius 3 is 2.90 bits per heavy atom. The number of benzene rings is 2. The van der Waals surface area contributed by atoms with E-state index in [1.807, 2.05) is 23.7 Å². The van der Waals surface area contributed by atoms with Crippen LogP contribution < -0.4 is 5.32 Å². The van der Waals surface area contributed by atoms with Gasteiger partial charge in [-0.3, -0.25) is 0 Å². The SMILES string of the molecule is CCOC(=O)c1c(-c2ccc(F)cc2)oc2cc3c(cc12)C(C)n1nncc1CN3. The van der Waals surface area contributed by atoms with Crippen molar-refractivity contribution in [3.05, 3.63) is 65.2 Å². The molecular weight excluding hydrogens is 387 g/mol.